The Morgan fingerprint density at radius 2 is 1.11 bits per heavy atom. The van der Waals surface area contributed by atoms with Gasteiger partial charge in [-0.25, -0.2) is 8.42 Å². The summed E-state index contributed by atoms with van der Waals surface area (Å²) in [5.41, 5.74) is 12.1. The molecular weight excluding hydrogens is 553 g/mol. The summed E-state index contributed by atoms with van der Waals surface area (Å²) in [6, 6.07) is 32.1. The van der Waals surface area contributed by atoms with Gasteiger partial charge in [-0.15, -0.1) is 0 Å². The van der Waals surface area contributed by atoms with Gasteiger partial charge in [0.1, 0.15) is 5.66 Å². The minimum Gasteiger partial charge on any atom is -0.308 e. The maximum atomic E-state index is 12.9. The third kappa shape index (κ3) is 8.49. The van der Waals surface area contributed by atoms with Crippen LogP contribution in [0.15, 0.2) is 108 Å². The molecule has 36 heavy (non-hydrogen) atoms. The Bertz CT molecular complexity index is 1290. The van der Waals surface area contributed by atoms with Crippen LogP contribution in [0.1, 0.15) is 33.4 Å². The van der Waals surface area contributed by atoms with Crippen molar-refractivity contribution in [3.05, 3.63) is 137 Å². The predicted octanol–water partition coefficient (Wildman–Crippen LogP) is 5.94. The van der Waals surface area contributed by atoms with Crippen molar-refractivity contribution in [2.45, 2.75) is 44.7 Å². The van der Waals surface area contributed by atoms with Crippen molar-refractivity contribution < 1.29 is 27.9 Å². The Labute approximate surface area is 228 Å². The second-order valence-corrected chi connectivity index (χ2v) is 10.8. The largest absolute Gasteiger partial charge is 0.308 e. The zero-order chi connectivity index (χ0) is 25.5. The molecule has 0 amide bonds. The minimum absolute atomic E-state index is 0. The Balaban J connectivity index is 0.000000386. The van der Waals surface area contributed by atoms with Crippen molar-refractivity contribution in [1.29, 1.82) is 0 Å². The Morgan fingerprint density at radius 3 is 1.58 bits per heavy atom. The second kappa shape index (κ2) is 13.1. The predicted molar refractivity (Wildman–Crippen MR) is 145 cm³/mol. The van der Waals surface area contributed by atoms with Crippen molar-refractivity contribution in [2.75, 3.05) is 0 Å². The first-order valence-electron chi connectivity index (χ1n) is 11.6. The van der Waals surface area contributed by atoms with Crippen LogP contribution in [-0.2, 0) is 41.6 Å². The van der Waals surface area contributed by atoms with Gasteiger partial charge in [-0.2, -0.15) is 4.72 Å². The Kier molecular flexibility index (Phi) is 10.7. The smallest absolute Gasteiger partial charge is 0.242 e. The van der Waals surface area contributed by atoms with Crippen molar-refractivity contribution in [2.24, 2.45) is 5.73 Å². The molecule has 4 aromatic carbocycles. The molecule has 0 saturated heterocycles. The molecule has 0 radical (unpaired) electrons. The Hall–Kier alpha value is -2.63. The molecule has 0 fully saturated rings. The number of nitrogens with two attached hydrogens (primary N) is 1. The molecule has 0 saturated carbocycles. The van der Waals surface area contributed by atoms with Crippen LogP contribution >= 0.6 is 0 Å². The molecule has 4 aromatic rings. The minimum atomic E-state index is -3.78. The van der Waals surface area contributed by atoms with Gasteiger partial charge in [0.05, 0.1) is 4.90 Å². The summed E-state index contributed by atoms with van der Waals surface area (Å²) in [4.78, 5) is 0.196. The first kappa shape index (κ1) is 29.6. The average Bonchev–Trinajstić information content (AvgIpc) is 2.80. The third-order valence-corrected chi connectivity index (χ3v) is 7.15. The number of nitrogens with one attached hydrogen (secondary N) is 1. The fourth-order valence-electron chi connectivity index (χ4n) is 4.07. The molecule has 1 atom stereocenters. The monoisotopic (exact) mass is 588 g/mol. The van der Waals surface area contributed by atoms with Crippen molar-refractivity contribution >= 4 is 10.0 Å². The number of aryl methyl sites for hydroxylation is 4. The molecule has 3 N–H and O–H groups in total. The first-order valence-corrected chi connectivity index (χ1v) is 13.1. The molecule has 0 aromatic heterocycles. The van der Waals surface area contributed by atoms with E-state index in [0.717, 1.165) is 11.1 Å². The summed E-state index contributed by atoms with van der Waals surface area (Å²) < 4.78 is 28.6. The van der Waals surface area contributed by atoms with Crippen LogP contribution in [0.2, 0.25) is 0 Å². The van der Waals surface area contributed by atoms with Crippen molar-refractivity contribution in [1.82, 2.24) is 4.72 Å². The van der Waals surface area contributed by atoms with E-state index in [1.165, 1.54) is 16.7 Å². The van der Waals surface area contributed by atoms with Crippen LogP contribution in [0.3, 0.4) is 0 Å². The molecule has 0 bridgehead atoms. The molecule has 0 aliphatic carbocycles. The van der Waals surface area contributed by atoms with Gasteiger partial charge < -0.3 is 5.73 Å². The van der Waals surface area contributed by atoms with Gasteiger partial charge in [-0.3, -0.25) is 0 Å². The molecule has 0 aliphatic rings. The van der Waals surface area contributed by atoms with E-state index in [9.17, 15) is 8.42 Å². The molecule has 0 heterocycles. The van der Waals surface area contributed by atoms with Crippen LogP contribution in [-0.4, -0.2) is 8.42 Å². The van der Waals surface area contributed by atoms with E-state index >= 15 is 0 Å². The van der Waals surface area contributed by atoms with E-state index in [0.29, 0.717) is 12.0 Å². The summed E-state index contributed by atoms with van der Waals surface area (Å²) in [5.74, 6) is 0. The zero-order valence-electron chi connectivity index (χ0n) is 21.2. The number of hydrogen-bond donors (Lipinski definition) is 2. The van der Waals surface area contributed by atoms with E-state index in [1.54, 1.807) is 24.3 Å². The van der Waals surface area contributed by atoms with Crippen LogP contribution in [0.25, 0.3) is 0 Å². The van der Waals surface area contributed by atoms with Crippen LogP contribution in [0, 0.1) is 27.7 Å². The molecule has 4 nitrogen and oxygen atoms in total. The topological polar surface area (TPSA) is 72.2 Å². The van der Waals surface area contributed by atoms with E-state index in [1.807, 2.05) is 67.6 Å². The summed E-state index contributed by atoms with van der Waals surface area (Å²) >= 11 is 0. The van der Waals surface area contributed by atoms with Gasteiger partial charge in [0.15, 0.2) is 0 Å². The first-order chi connectivity index (χ1) is 16.6. The standard InChI is InChI=1S/C21H22N2O2S.C9H12.Ru/c1-17-12-14-20(15-13-17)26(24,25)23-21(22,19-10-6-3-7-11-19)16-18-8-4-2-5-9-18;1-7-4-8(2)6-9(3)5-7;/h2-15,23H,16,22H2,1H3;4-6H,1-3H3;/t21-;;/m0../s1. The van der Waals surface area contributed by atoms with Gasteiger partial charge in [-0.1, -0.05) is 113 Å². The summed E-state index contributed by atoms with van der Waals surface area (Å²) in [5, 5.41) is 0. The van der Waals surface area contributed by atoms with Crippen LogP contribution in [0.5, 0.6) is 0 Å². The fraction of sp³-hybridized carbons (Fsp3) is 0.200. The third-order valence-electron chi connectivity index (χ3n) is 5.63. The van der Waals surface area contributed by atoms with Gasteiger partial charge in [0.2, 0.25) is 10.0 Å². The zero-order valence-corrected chi connectivity index (χ0v) is 23.7. The molecule has 6 heteroatoms. The Morgan fingerprint density at radius 1 is 0.667 bits per heavy atom. The summed E-state index contributed by atoms with van der Waals surface area (Å²) in [7, 11) is -3.78. The number of rotatable bonds is 6. The molecule has 0 aliphatic heterocycles. The van der Waals surface area contributed by atoms with Gasteiger partial charge in [-0.05, 0) is 51.0 Å². The summed E-state index contributed by atoms with van der Waals surface area (Å²) in [6.45, 7) is 8.29. The van der Waals surface area contributed by atoms with Gasteiger partial charge in [0, 0.05) is 25.9 Å². The van der Waals surface area contributed by atoms with E-state index in [4.69, 9.17) is 5.73 Å². The molecule has 0 unspecified atom stereocenters. The van der Waals surface area contributed by atoms with Gasteiger partial charge in [0.25, 0.3) is 0 Å². The maximum absolute atomic E-state index is 12.9. The normalized spacial score (nSPS) is 12.5. The fourth-order valence-corrected chi connectivity index (χ4v) is 5.35. The molecular formula is C30H34N2O2RuS. The SMILES string of the molecule is Cc1cc(C)cc(C)c1.Cc1ccc(S(=O)(=O)N[C@@](N)(Cc2ccccc2)c2ccccc2)cc1.[Ru]. The molecule has 0 spiro atoms. The van der Waals surface area contributed by atoms with Crippen molar-refractivity contribution in [3.8, 4) is 0 Å². The number of hydrogen-bond acceptors (Lipinski definition) is 3. The number of sulfonamides is 1. The van der Waals surface area contributed by atoms with Crippen molar-refractivity contribution in [3.63, 3.8) is 0 Å². The van der Waals surface area contributed by atoms with E-state index in [2.05, 4.69) is 43.7 Å². The maximum Gasteiger partial charge on any atom is 0.242 e. The average molecular weight is 588 g/mol. The van der Waals surface area contributed by atoms with E-state index < -0.39 is 15.7 Å². The quantitative estimate of drug-likeness (QED) is 0.217. The second-order valence-electron chi connectivity index (χ2n) is 9.08. The molecule has 190 valence electrons. The van der Waals surface area contributed by atoms with E-state index in [-0.39, 0.29) is 24.4 Å². The summed E-state index contributed by atoms with van der Waals surface area (Å²) in [6.07, 6.45) is 0.336. The van der Waals surface area contributed by atoms with Gasteiger partial charge >= 0.3 is 0 Å². The van der Waals surface area contributed by atoms with Crippen LogP contribution < -0.4 is 10.5 Å². The number of benzene rings is 4. The molecule has 4 rings (SSSR count). The van der Waals surface area contributed by atoms with Crippen LogP contribution in [0.4, 0.5) is 0 Å².